The molecule has 0 saturated carbocycles. The Morgan fingerprint density at radius 2 is 1.44 bits per heavy atom. The zero-order valence-electron chi connectivity index (χ0n) is 19.7. The van der Waals surface area contributed by atoms with E-state index in [1.54, 1.807) is 24.3 Å². The number of phosphoric ester groups is 1. The number of phosphoric acid groups is 1. The maximum Gasteiger partial charge on any atom is 0.475 e. The number of ether oxygens (including phenoxy) is 3. The van der Waals surface area contributed by atoms with Crippen molar-refractivity contribution in [1.29, 1.82) is 0 Å². The molecular formula is C26H29O9P. The molecule has 3 rings (SSSR count). The first-order valence-electron chi connectivity index (χ1n) is 11.2. The van der Waals surface area contributed by atoms with E-state index in [4.69, 9.17) is 27.8 Å². The van der Waals surface area contributed by atoms with Crippen molar-refractivity contribution in [3.8, 4) is 0 Å². The summed E-state index contributed by atoms with van der Waals surface area (Å²) in [5, 5.41) is 10.1. The summed E-state index contributed by atoms with van der Waals surface area (Å²) < 4.78 is 47.0. The molecule has 0 spiro atoms. The summed E-state index contributed by atoms with van der Waals surface area (Å²) in [6.45, 7) is 6.32. The van der Waals surface area contributed by atoms with E-state index in [0.717, 1.165) is 11.1 Å². The predicted molar refractivity (Wildman–Crippen MR) is 131 cm³/mol. The summed E-state index contributed by atoms with van der Waals surface area (Å²) >= 11 is 0. The Morgan fingerprint density at radius 1 is 0.917 bits per heavy atom. The molecule has 2 aromatic rings. The van der Waals surface area contributed by atoms with Crippen molar-refractivity contribution in [2.75, 3.05) is 19.8 Å². The molecule has 0 amide bonds. The molecule has 0 bridgehead atoms. The van der Waals surface area contributed by atoms with Crippen molar-refractivity contribution < 1.29 is 42.2 Å². The number of rotatable bonds is 16. The summed E-state index contributed by atoms with van der Waals surface area (Å²) in [6, 6.07) is 18.1. The molecule has 10 heteroatoms. The third kappa shape index (κ3) is 7.65. The number of aliphatic hydroxyl groups excluding tert-OH is 1. The van der Waals surface area contributed by atoms with Crippen molar-refractivity contribution in [3.63, 3.8) is 0 Å². The molecule has 0 aromatic heterocycles. The molecule has 1 heterocycles. The van der Waals surface area contributed by atoms with Gasteiger partial charge in [-0.05, 0) is 11.1 Å². The highest BCUT2D eigenvalue weighted by molar-refractivity contribution is 7.48. The number of carbonyl (C=O) groups excluding carboxylic acids is 1. The van der Waals surface area contributed by atoms with Crippen LogP contribution >= 0.6 is 7.82 Å². The molecule has 0 radical (unpaired) electrons. The van der Waals surface area contributed by atoms with Gasteiger partial charge in [0.15, 0.2) is 11.9 Å². The van der Waals surface area contributed by atoms with Crippen molar-refractivity contribution in [3.05, 3.63) is 109 Å². The highest BCUT2D eigenvalue weighted by Crippen LogP contribution is 2.53. The van der Waals surface area contributed by atoms with Gasteiger partial charge in [0, 0.05) is 0 Å². The van der Waals surface area contributed by atoms with Crippen LogP contribution in [0.5, 0.6) is 0 Å². The van der Waals surface area contributed by atoms with Crippen LogP contribution in [0.25, 0.3) is 0 Å². The van der Waals surface area contributed by atoms with Crippen LogP contribution in [-0.4, -0.2) is 43.1 Å². The predicted octanol–water partition coefficient (Wildman–Crippen LogP) is 4.45. The van der Waals surface area contributed by atoms with Crippen LogP contribution in [0.2, 0.25) is 0 Å². The molecule has 2 atom stereocenters. The van der Waals surface area contributed by atoms with Gasteiger partial charge in [0.25, 0.3) is 0 Å². The molecule has 2 aromatic carbocycles. The number of hydrogen-bond acceptors (Lipinski definition) is 9. The maximum atomic E-state index is 13.7. The number of benzene rings is 2. The van der Waals surface area contributed by atoms with Crippen LogP contribution in [0.4, 0.5) is 0 Å². The second-order valence-corrected chi connectivity index (χ2v) is 9.13. The first-order valence-corrected chi connectivity index (χ1v) is 12.6. The lowest BCUT2D eigenvalue weighted by Crippen LogP contribution is -2.35. The van der Waals surface area contributed by atoms with Gasteiger partial charge in [-0.1, -0.05) is 86.0 Å². The molecule has 192 valence electrons. The Balaban J connectivity index is 1.83. The monoisotopic (exact) mass is 516 g/mol. The quantitative estimate of drug-likeness (QED) is 0.197. The fourth-order valence-corrected chi connectivity index (χ4v) is 4.49. The first kappa shape index (κ1) is 27.4. The van der Waals surface area contributed by atoms with E-state index in [9.17, 15) is 14.5 Å². The van der Waals surface area contributed by atoms with Gasteiger partial charge in [0.2, 0.25) is 5.76 Å². The van der Waals surface area contributed by atoms with Crippen LogP contribution in [0.1, 0.15) is 11.1 Å². The molecule has 9 nitrogen and oxygen atoms in total. The van der Waals surface area contributed by atoms with E-state index in [2.05, 4.69) is 13.2 Å². The van der Waals surface area contributed by atoms with Gasteiger partial charge in [-0.25, -0.2) is 9.36 Å². The number of aliphatic hydroxyl groups is 1. The van der Waals surface area contributed by atoms with Gasteiger partial charge in [0.05, 0.1) is 19.8 Å². The van der Waals surface area contributed by atoms with Crippen LogP contribution in [0, 0.1) is 0 Å². The number of hydrogen-bond donors (Lipinski definition) is 1. The van der Waals surface area contributed by atoms with Gasteiger partial charge in [-0.2, -0.15) is 0 Å². The van der Waals surface area contributed by atoms with Gasteiger partial charge >= 0.3 is 13.8 Å². The normalized spacial score (nSPS) is 16.4. The zero-order chi connectivity index (χ0) is 25.8. The summed E-state index contributed by atoms with van der Waals surface area (Å²) in [5.74, 6) is -1.05. The van der Waals surface area contributed by atoms with Crippen molar-refractivity contribution in [2.45, 2.75) is 25.4 Å². The molecule has 1 aliphatic heterocycles. The highest BCUT2D eigenvalue weighted by atomic mass is 31.2. The summed E-state index contributed by atoms with van der Waals surface area (Å²) in [4.78, 5) is 12.5. The number of cyclic esters (lactones) is 1. The lowest BCUT2D eigenvalue weighted by Gasteiger charge is -2.26. The third-order valence-corrected chi connectivity index (χ3v) is 6.27. The smallest absolute Gasteiger partial charge is 0.475 e. The van der Waals surface area contributed by atoms with Crippen LogP contribution < -0.4 is 0 Å². The van der Waals surface area contributed by atoms with E-state index in [0.29, 0.717) is 0 Å². The average Bonchev–Trinajstić information content (AvgIpc) is 3.22. The second-order valence-electron chi connectivity index (χ2n) is 7.51. The fourth-order valence-electron chi connectivity index (χ4n) is 3.17. The average molecular weight is 516 g/mol. The molecule has 0 saturated heterocycles. The molecule has 0 fully saturated rings. The lowest BCUT2D eigenvalue weighted by atomic mass is 10.2. The van der Waals surface area contributed by atoms with Crippen LogP contribution in [0.3, 0.4) is 0 Å². The molecule has 0 aliphatic carbocycles. The Kier molecular flexibility index (Phi) is 10.5. The van der Waals surface area contributed by atoms with Crippen molar-refractivity contribution in [2.24, 2.45) is 0 Å². The standard InChI is InChI=1S/C26H29O9P/c1-3-15-30-24-23(34-26(28)25(24)31-16-4-2)22(17-27)35-36(29,32-18-20-11-7-5-8-12-20)33-19-21-13-9-6-10-14-21/h3-14,22-23,27H,1-2,15-19H2/t22-,23+/m0/s1. The minimum atomic E-state index is -4.30. The molecule has 1 N–H and O–H groups in total. The Labute approximate surface area is 210 Å². The summed E-state index contributed by atoms with van der Waals surface area (Å²) in [6.07, 6.45) is 0.290. The molecular weight excluding hydrogens is 487 g/mol. The topological polar surface area (TPSA) is 110 Å². The zero-order valence-corrected chi connectivity index (χ0v) is 20.6. The Bertz CT molecular complexity index is 1040. The van der Waals surface area contributed by atoms with Gasteiger partial charge in [-0.3, -0.25) is 13.6 Å². The summed E-state index contributed by atoms with van der Waals surface area (Å²) in [7, 11) is -4.30. The maximum absolute atomic E-state index is 13.7. The summed E-state index contributed by atoms with van der Waals surface area (Å²) in [5.41, 5.74) is 1.46. The third-order valence-electron chi connectivity index (χ3n) is 4.85. The van der Waals surface area contributed by atoms with Crippen LogP contribution in [-0.2, 0) is 50.4 Å². The minimum Gasteiger partial charge on any atom is -0.486 e. The minimum absolute atomic E-state index is 0.0155. The largest absolute Gasteiger partial charge is 0.486 e. The second kappa shape index (κ2) is 13.8. The van der Waals surface area contributed by atoms with E-state index in [1.807, 2.05) is 36.4 Å². The number of carbonyl (C=O) groups is 1. The van der Waals surface area contributed by atoms with E-state index < -0.39 is 32.6 Å². The van der Waals surface area contributed by atoms with Crippen molar-refractivity contribution in [1.82, 2.24) is 0 Å². The van der Waals surface area contributed by atoms with E-state index in [1.165, 1.54) is 12.2 Å². The lowest BCUT2D eigenvalue weighted by molar-refractivity contribution is -0.148. The van der Waals surface area contributed by atoms with Gasteiger partial charge < -0.3 is 19.3 Å². The molecule has 36 heavy (non-hydrogen) atoms. The highest BCUT2D eigenvalue weighted by Gasteiger charge is 2.46. The Hall–Kier alpha value is -3.20. The Morgan fingerprint density at radius 3 is 1.94 bits per heavy atom. The van der Waals surface area contributed by atoms with E-state index >= 15 is 0 Å². The van der Waals surface area contributed by atoms with Gasteiger partial charge in [0.1, 0.15) is 19.3 Å². The number of esters is 1. The molecule has 0 unspecified atom stereocenters. The van der Waals surface area contributed by atoms with Crippen LogP contribution in [0.15, 0.2) is 97.5 Å². The van der Waals surface area contributed by atoms with Crippen molar-refractivity contribution >= 4 is 13.8 Å². The molecule has 1 aliphatic rings. The SMILES string of the molecule is C=CCOC1=C(OCC=C)[C@@H]([C@H](CO)OP(=O)(OCc2ccccc2)OCc2ccccc2)OC1=O. The first-order chi connectivity index (χ1) is 17.5. The van der Waals surface area contributed by atoms with Gasteiger partial charge in [-0.15, -0.1) is 0 Å². The van der Waals surface area contributed by atoms with E-state index in [-0.39, 0.29) is 37.9 Å². The fraction of sp³-hybridized carbons (Fsp3) is 0.269.